The van der Waals surface area contributed by atoms with Crippen LogP contribution in [0.15, 0.2) is 48.8 Å². The molecule has 304 valence electrons. The average Bonchev–Trinajstić information content (AvgIpc) is 3.88. The maximum absolute atomic E-state index is 13.3. The minimum atomic E-state index is -0.977. The van der Waals surface area contributed by atoms with E-state index in [-0.39, 0.29) is 36.5 Å². The van der Waals surface area contributed by atoms with Crippen molar-refractivity contribution in [3.63, 3.8) is 0 Å². The van der Waals surface area contributed by atoms with Crippen LogP contribution >= 0.6 is 0 Å². The molecule has 7 amide bonds. The van der Waals surface area contributed by atoms with E-state index in [9.17, 15) is 28.8 Å². The maximum atomic E-state index is 13.3. The molecule has 1 aromatic heterocycles. The van der Waals surface area contributed by atoms with Gasteiger partial charge in [0.15, 0.2) is 0 Å². The third-order valence-corrected chi connectivity index (χ3v) is 12.8. The number of carbonyl (C=O) groups is 6. The van der Waals surface area contributed by atoms with Crippen LogP contribution in [0.1, 0.15) is 75.6 Å². The molecule has 7 heterocycles. The molecule has 0 radical (unpaired) electrons. The Morgan fingerprint density at radius 3 is 2.34 bits per heavy atom. The second kappa shape index (κ2) is 15.1. The Bertz CT molecular complexity index is 2180. The smallest absolute Gasteiger partial charge is 0.320 e. The average molecular weight is 792 g/mol. The molecule has 4 N–H and O–H groups in total. The highest BCUT2D eigenvalue weighted by Gasteiger charge is 2.45. The van der Waals surface area contributed by atoms with E-state index in [2.05, 4.69) is 25.3 Å². The van der Waals surface area contributed by atoms with Gasteiger partial charge < -0.3 is 35.6 Å². The summed E-state index contributed by atoms with van der Waals surface area (Å²) in [5.41, 5.74) is 10.0. The lowest BCUT2D eigenvalue weighted by atomic mass is 9.95. The van der Waals surface area contributed by atoms with Gasteiger partial charge in [-0.3, -0.25) is 38.9 Å². The van der Waals surface area contributed by atoms with Crippen molar-refractivity contribution in [2.24, 2.45) is 11.7 Å². The van der Waals surface area contributed by atoms with E-state index in [1.807, 2.05) is 41.0 Å². The van der Waals surface area contributed by atoms with Crippen LogP contribution < -0.4 is 26.2 Å². The lowest BCUT2D eigenvalue weighted by Gasteiger charge is -2.44. The number of likely N-dealkylation sites (N-methyl/N-ethyl adjacent to an activating group) is 1. The number of aromatic nitrogens is 2. The summed E-state index contributed by atoms with van der Waals surface area (Å²) in [5.74, 6) is -2.04. The number of urea groups is 1. The Morgan fingerprint density at radius 2 is 1.60 bits per heavy atom. The van der Waals surface area contributed by atoms with Crippen molar-refractivity contribution in [2.75, 3.05) is 81.1 Å². The first-order valence-corrected chi connectivity index (χ1v) is 20.4. The van der Waals surface area contributed by atoms with Gasteiger partial charge in [-0.1, -0.05) is 0 Å². The Hall–Kier alpha value is -5.97. The summed E-state index contributed by atoms with van der Waals surface area (Å²) in [5, 5.41) is 10.4. The quantitative estimate of drug-likeness (QED) is 0.256. The predicted molar refractivity (Wildman–Crippen MR) is 214 cm³/mol. The zero-order valence-electron chi connectivity index (χ0n) is 32.6. The Kier molecular flexibility index (Phi) is 9.78. The Labute approximate surface area is 336 Å². The highest BCUT2D eigenvalue weighted by molar-refractivity contribution is 6.23. The Balaban J connectivity index is 0.767. The number of imide groups is 2. The third kappa shape index (κ3) is 7.01. The van der Waals surface area contributed by atoms with E-state index in [0.29, 0.717) is 22.7 Å². The zero-order valence-corrected chi connectivity index (χ0v) is 32.6. The van der Waals surface area contributed by atoms with Gasteiger partial charge in [0.1, 0.15) is 6.04 Å². The SMILES string of the molecule is CN1CCN([C@H]2CCCN(c3ccc(C(N)=O)c(Nc4cnn(C5CCN(CC6CN(c7ccc8c(c7)C(=O)N(C7CCC(=O)NC7=O)C8=O)C6)CC5)c4)c3)C2)C1=O. The van der Waals surface area contributed by atoms with E-state index >= 15 is 0 Å². The number of fused-ring (bicyclic) bond motifs is 1. The van der Waals surface area contributed by atoms with Gasteiger partial charge in [0, 0.05) is 95.9 Å². The molecular weight excluding hydrogens is 743 g/mol. The molecule has 2 aromatic carbocycles. The van der Waals surface area contributed by atoms with E-state index in [1.165, 1.54) is 0 Å². The van der Waals surface area contributed by atoms with Gasteiger partial charge in [0.2, 0.25) is 11.8 Å². The number of carbonyl (C=O) groups excluding carboxylic acids is 6. The number of benzene rings is 2. The molecule has 6 aliphatic heterocycles. The molecule has 5 fully saturated rings. The molecule has 6 aliphatic rings. The fraction of sp³-hybridized carbons (Fsp3) is 0.488. The summed E-state index contributed by atoms with van der Waals surface area (Å²) in [6, 6.07) is 10.5. The van der Waals surface area contributed by atoms with E-state index < -0.39 is 35.6 Å². The van der Waals surface area contributed by atoms with Crippen LogP contribution in [0, 0.1) is 5.92 Å². The summed E-state index contributed by atoms with van der Waals surface area (Å²) < 4.78 is 2.01. The molecule has 0 saturated carbocycles. The first kappa shape index (κ1) is 37.6. The summed E-state index contributed by atoms with van der Waals surface area (Å²) in [4.78, 5) is 87.3. The largest absolute Gasteiger partial charge is 0.371 e. The normalized spacial score (nSPS) is 23.5. The number of likely N-dealkylation sites (tertiary alicyclic amines) is 1. The first-order chi connectivity index (χ1) is 28.0. The van der Waals surface area contributed by atoms with Gasteiger partial charge in [0.05, 0.1) is 46.3 Å². The van der Waals surface area contributed by atoms with Crippen molar-refractivity contribution >= 4 is 58.3 Å². The molecule has 9 rings (SSSR count). The first-order valence-electron chi connectivity index (χ1n) is 20.4. The number of nitrogens with zero attached hydrogens (tertiary/aromatic N) is 8. The summed E-state index contributed by atoms with van der Waals surface area (Å²) in [6.07, 6.45) is 7.85. The molecule has 3 aromatic rings. The van der Waals surface area contributed by atoms with E-state index in [1.54, 1.807) is 29.3 Å². The number of primary amides is 1. The summed E-state index contributed by atoms with van der Waals surface area (Å²) in [7, 11) is 1.85. The van der Waals surface area contributed by atoms with Gasteiger partial charge in [-0.2, -0.15) is 5.10 Å². The second-order valence-corrected chi connectivity index (χ2v) is 16.5. The molecular formula is C41H49N11O6. The number of anilines is 4. The molecule has 0 aliphatic carbocycles. The van der Waals surface area contributed by atoms with Crippen LogP contribution in [0.3, 0.4) is 0 Å². The molecule has 17 heteroatoms. The fourth-order valence-electron chi connectivity index (χ4n) is 9.54. The lowest BCUT2D eigenvalue weighted by Crippen LogP contribution is -2.54. The topological polar surface area (TPSA) is 190 Å². The number of rotatable bonds is 10. The second-order valence-electron chi connectivity index (χ2n) is 16.5. The van der Waals surface area contributed by atoms with Crippen molar-refractivity contribution in [1.82, 2.24) is 34.7 Å². The molecule has 2 atom stereocenters. The number of hydrogen-bond donors (Lipinski definition) is 3. The summed E-state index contributed by atoms with van der Waals surface area (Å²) in [6.45, 7) is 7.63. The van der Waals surface area contributed by atoms with Crippen LogP contribution in [0.25, 0.3) is 0 Å². The van der Waals surface area contributed by atoms with Crippen LogP contribution in [0.2, 0.25) is 0 Å². The number of piperidine rings is 3. The zero-order chi connectivity index (χ0) is 40.2. The highest BCUT2D eigenvalue weighted by Crippen LogP contribution is 2.35. The van der Waals surface area contributed by atoms with Gasteiger partial charge in [-0.15, -0.1) is 0 Å². The third-order valence-electron chi connectivity index (χ3n) is 12.8. The van der Waals surface area contributed by atoms with Crippen molar-refractivity contribution in [3.05, 3.63) is 65.5 Å². The van der Waals surface area contributed by atoms with Crippen LogP contribution in [0.5, 0.6) is 0 Å². The molecule has 17 nitrogen and oxygen atoms in total. The minimum absolute atomic E-state index is 0.0867. The molecule has 0 spiro atoms. The number of nitrogens with one attached hydrogen (secondary N) is 2. The van der Waals surface area contributed by atoms with Crippen LogP contribution in [-0.4, -0.2) is 143 Å². The van der Waals surface area contributed by atoms with Crippen LogP contribution in [-0.2, 0) is 9.59 Å². The number of amides is 7. The monoisotopic (exact) mass is 791 g/mol. The van der Waals surface area contributed by atoms with Gasteiger partial charge in [0.25, 0.3) is 17.7 Å². The minimum Gasteiger partial charge on any atom is -0.371 e. The van der Waals surface area contributed by atoms with Crippen LogP contribution in [0.4, 0.5) is 27.5 Å². The van der Waals surface area contributed by atoms with Crippen molar-refractivity contribution in [2.45, 2.75) is 56.7 Å². The molecule has 1 unspecified atom stereocenters. The number of hydrogen-bond acceptors (Lipinski definition) is 11. The summed E-state index contributed by atoms with van der Waals surface area (Å²) >= 11 is 0. The molecule has 58 heavy (non-hydrogen) atoms. The number of nitrogens with two attached hydrogens (primary N) is 1. The highest BCUT2D eigenvalue weighted by atomic mass is 16.2. The fourth-order valence-corrected chi connectivity index (χ4v) is 9.54. The van der Waals surface area contributed by atoms with Crippen molar-refractivity contribution in [1.29, 1.82) is 0 Å². The maximum Gasteiger partial charge on any atom is 0.320 e. The Morgan fingerprint density at radius 1 is 0.845 bits per heavy atom. The van der Waals surface area contributed by atoms with E-state index in [4.69, 9.17) is 10.8 Å². The predicted octanol–water partition coefficient (Wildman–Crippen LogP) is 2.24. The lowest BCUT2D eigenvalue weighted by molar-refractivity contribution is -0.136. The van der Waals surface area contributed by atoms with Crippen molar-refractivity contribution in [3.8, 4) is 0 Å². The van der Waals surface area contributed by atoms with Gasteiger partial charge >= 0.3 is 6.03 Å². The molecule has 5 saturated heterocycles. The van der Waals surface area contributed by atoms with E-state index in [0.717, 1.165) is 107 Å². The van der Waals surface area contributed by atoms with Gasteiger partial charge in [-0.05, 0) is 68.5 Å². The van der Waals surface area contributed by atoms with Gasteiger partial charge in [-0.25, -0.2) is 4.79 Å². The van der Waals surface area contributed by atoms with Crippen molar-refractivity contribution < 1.29 is 28.8 Å². The standard InChI is InChI=1S/C41H49N11O6/c1-46-15-16-50(41(46)58)30-3-2-12-48(24-30)29-5-7-32(37(42)54)34(18-29)44-26-19-43-51(23-26)27-10-13-47(14-11-27)20-25-21-49(22-25)28-4-6-31-33(17-28)40(57)52(39(31)56)35-8-9-36(53)45-38(35)55/h4-7,17-19,23,25,27,30,35,44H,2-3,8-16,20-22,24H2,1H3,(H2,42,54)(H,45,53,55)/t30-,35?/m0/s1. The molecule has 0 bridgehead atoms.